The molecule has 3 aromatic carbocycles. The SMILES string of the molecule is [NH]Nc1cccc2cc3ccccc3cc12. The molecule has 0 aliphatic heterocycles. The highest BCUT2D eigenvalue weighted by molar-refractivity contribution is 6.03. The molecule has 0 aliphatic carbocycles. The largest absolute Gasteiger partial charge is 0.306 e. The maximum absolute atomic E-state index is 7.28. The lowest BCUT2D eigenvalue weighted by molar-refractivity contribution is 1.31. The first kappa shape index (κ1) is 9.19. The molecule has 0 bridgehead atoms. The number of fused-ring (bicyclic) bond motifs is 2. The van der Waals surface area contributed by atoms with Crippen LogP contribution >= 0.6 is 0 Å². The van der Waals surface area contributed by atoms with Gasteiger partial charge in [0, 0.05) is 5.39 Å². The van der Waals surface area contributed by atoms with Crippen LogP contribution in [0.5, 0.6) is 0 Å². The van der Waals surface area contributed by atoms with Crippen molar-refractivity contribution in [2.75, 3.05) is 5.43 Å². The third-order valence-electron chi connectivity index (χ3n) is 2.88. The van der Waals surface area contributed by atoms with Crippen molar-refractivity contribution >= 4 is 27.2 Å². The number of rotatable bonds is 1. The monoisotopic (exact) mass is 207 g/mol. The zero-order valence-corrected chi connectivity index (χ0v) is 8.70. The molecule has 0 atom stereocenters. The van der Waals surface area contributed by atoms with E-state index in [-0.39, 0.29) is 0 Å². The Bertz CT molecular complexity index is 659. The van der Waals surface area contributed by atoms with Crippen molar-refractivity contribution < 1.29 is 0 Å². The maximum atomic E-state index is 7.28. The van der Waals surface area contributed by atoms with Crippen molar-refractivity contribution in [3.8, 4) is 0 Å². The quantitative estimate of drug-likeness (QED) is 0.480. The van der Waals surface area contributed by atoms with Gasteiger partial charge in [-0.1, -0.05) is 36.4 Å². The van der Waals surface area contributed by atoms with Crippen molar-refractivity contribution in [2.24, 2.45) is 0 Å². The molecule has 0 unspecified atom stereocenters. The lowest BCUT2D eigenvalue weighted by atomic mass is 10.0. The van der Waals surface area contributed by atoms with Gasteiger partial charge in [-0.2, -0.15) is 5.84 Å². The molecule has 3 rings (SSSR count). The average molecular weight is 207 g/mol. The van der Waals surface area contributed by atoms with Crippen molar-refractivity contribution in [2.45, 2.75) is 0 Å². The van der Waals surface area contributed by atoms with E-state index in [1.165, 1.54) is 10.8 Å². The van der Waals surface area contributed by atoms with Gasteiger partial charge < -0.3 is 5.43 Å². The predicted octanol–water partition coefficient (Wildman–Crippen LogP) is 3.60. The molecule has 0 spiro atoms. The Morgan fingerprint density at radius 3 is 2.19 bits per heavy atom. The lowest BCUT2D eigenvalue weighted by Crippen LogP contribution is -1.92. The van der Waals surface area contributed by atoms with Crippen LogP contribution in [0.4, 0.5) is 5.69 Å². The Morgan fingerprint density at radius 2 is 1.44 bits per heavy atom. The second-order valence-electron chi connectivity index (χ2n) is 3.85. The van der Waals surface area contributed by atoms with Gasteiger partial charge in [-0.05, 0) is 34.4 Å². The summed E-state index contributed by atoms with van der Waals surface area (Å²) in [5.74, 6) is 7.28. The van der Waals surface area contributed by atoms with Crippen LogP contribution in [-0.2, 0) is 0 Å². The van der Waals surface area contributed by atoms with E-state index in [9.17, 15) is 0 Å². The summed E-state index contributed by atoms with van der Waals surface area (Å²) < 4.78 is 0. The highest BCUT2D eigenvalue weighted by Gasteiger charge is 2.01. The second-order valence-corrected chi connectivity index (χ2v) is 3.85. The Balaban J connectivity index is 2.46. The van der Waals surface area contributed by atoms with Crippen molar-refractivity contribution in [1.82, 2.24) is 5.84 Å². The normalized spacial score (nSPS) is 10.8. The number of hydrogen-bond donors (Lipinski definition) is 1. The van der Waals surface area contributed by atoms with Crippen molar-refractivity contribution in [1.29, 1.82) is 0 Å². The molecule has 0 amide bonds. The number of anilines is 1. The Hall–Kier alpha value is -2.06. The van der Waals surface area contributed by atoms with Gasteiger partial charge in [0.15, 0.2) is 0 Å². The van der Waals surface area contributed by atoms with Gasteiger partial charge in [0.2, 0.25) is 0 Å². The lowest BCUT2D eigenvalue weighted by Gasteiger charge is -2.06. The summed E-state index contributed by atoms with van der Waals surface area (Å²) in [5.41, 5.74) is 3.33. The molecule has 2 nitrogen and oxygen atoms in total. The van der Waals surface area contributed by atoms with Crippen molar-refractivity contribution in [3.63, 3.8) is 0 Å². The summed E-state index contributed by atoms with van der Waals surface area (Å²) in [6, 6.07) is 18.5. The fraction of sp³-hybridized carbons (Fsp3) is 0. The molecule has 0 heterocycles. The third kappa shape index (κ3) is 1.32. The minimum absolute atomic E-state index is 0.850. The third-order valence-corrected chi connectivity index (χ3v) is 2.88. The Kier molecular flexibility index (Phi) is 2.01. The minimum atomic E-state index is 0.850. The van der Waals surface area contributed by atoms with Gasteiger partial charge >= 0.3 is 0 Å². The molecule has 0 aliphatic rings. The Morgan fingerprint density at radius 1 is 0.750 bits per heavy atom. The van der Waals surface area contributed by atoms with E-state index < -0.39 is 0 Å². The first-order valence-electron chi connectivity index (χ1n) is 5.23. The molecule has 3 aromatic rings. The van der Waals surface area contributed by atoms with Gasteiger partial charge in [0.1, 0.15) is 0 Å². The van der Waals surface area contributed by atoms with E-state index in [4.69, 9.17) is 5.84 Å². The van der Waals surface area contributed by atoms with Gasteiger partial charge in [-0.3, -0.25) is 0 Å². The van der Waals surface area contributed by atoms with Gasteiger partial charge in [0.05, 0.1) is 5.69 Å². The molecular formula is C14H11N2. The van der Waals surface area contributed by atoms with Gasteiger partial charge in [-0.15, -0.1) is 0 Å². The Labute approximate surface area is 93.7 Å². The smallest absolute Gasteiger partial charge is 0.0580 e. The highest BCUT2D eigenvalue weighted by atomic mass is 15.2. The molecular weight excluding hydrogens is 196 g/mol. The van der Waals surface area contributed by atoms with E-state index in [0.717, 1.165) is 16.5 Å². The van der Waals surface area contributed by atoms with Crippen molar-refractivity contribution in [3.05, 3.63) is 54.6 Å². The first-order valence-corrected chi connectivity index (χ1v) is 5.23. The summed E-state index contributed by atoms with van der Waals surface area (Å²) in [6.45, 7) is 0. The van der Waals surface area contributed by atoms with E-state index in [2.05, 4.69) is 35.8 Å². The summed E-state index contributed by atoms with van der Waals surface area (Å²) >= 11 is 0. The van der Waals surface area contributed by atoms with Crippen LogP contribution in [0, 0.1) is 0 Å². The number of hydrogen-bond acceptors (Lipinski definition) is 1. The van der Waals surface area contributed by atoms with E-state index in [1.807, 2.05) is 24.3 Å². The fourth-order valence-electron chi connectivity index (χ4n) is 2.08. The molecule has 0 saturated carbocycles. The number of benzene rings is 3. The summed E-state index contributed by atoms with van der Waals surface area (Å²) in [5, 5.41) is 4.70. The van der Waals surface area contributed by atoms with Crippen LogP contribution in [0.1, 0.15) is 0 Å². The first-order chi connectivity index (χ1) is 7.88. The topological polar surface area (TPSA) is 35.8 Å². The van der Waals surface area contributed by atoms with Crippen LogP contribution < -0.4 is 11.3 Å². The van der Waals surface area contributed by atoms with Gasteiger partial charge in [-0.25, -0.2) is 0 Å². The van der Waals surface area contributed by atoms with Crippen LogP contribution in [0.2, 0.25) is 0 Å². The molecule has 2 N–H and O–H groups in total. The zero-order valence-electron chi connectivity index (χ0n) is 8.70. The van der Waals surface area contributed by atoms with Crippen LogP contribution in [0.25, 0.3) is 21.5 Å². The van der Waals surface area contributed by atoms with Crippen LogP contribution in [-0.4, -0.2) is 0 Å². The average Bonchev–Trinajstić information content (AvgIpc) is 2.35. The fourth-order valence-corrected chi connectivity index (χ4v) is 2.08. The molecule has 0 saturated heterocycles. The predicted molar refractivity (Wildman–Crippen MR) is 68.2 cm³/mol. The van der Waals surface area contributed by atoms with Crippen LogP contribution in [0.15, 0.2) is 54.6 Å². The highest BCUT2D eigenvalue weighted by Crippen LogP contribution is 2.27. The molecule has 0 aromatic heterocycles. The standard InChI is InChI=1S/C14H11N2/c15-16-14-7-3-6-12-8-10-4-1-2-5-11(10)9-13(12)14/h1-9,15-16H. The molecule has 77 valence electrons. The minimum Gasteiger partial charge on any atom is -0.306 e. The number of nitrogens with one attached hydrogen (secondary N) is 2. The maximum Gasteiger partial charge on any atom is 0.0580 e. The van der Waals surface area contributed by atoms with E-state index in [1.54, 1.807) is 0 Å². The summed E-state index contributed by atoms with van der Waals surface area (Å²) in [4.78, 5) is 0. The molecule has 1 radical (unpaired) electrons. The zero-order chi connectivity index (χ0) is 11.0. The summed E-state index contributed by atoms with van der Waals surface area (Å²) in [6.07, 6.45) is 0. The van der Waals surface area contributed by atoms with Crippen LogP contribution in [0.3, 0.4) is 0 Å². The van der Waals surface area contributed by atoms with Gasteiger partial charge in [0.25, 0.3) is 0 Å². The molecule has 2 heteroatoms. The van der Waals surface area contributed by atoms with E-state index >= 15 is 0 Å². The molecule has 0 fully saturated rings. The molecule has 16 heavy (non-hydrogen) atoms. The summed E-state index contributed by atoms with van der Waals surface area (Å²) in [7, 11) is 0. The second kappa shape index (κ2) is 3.51. The van der Waals surface area contributed by atoms with E-state index in [0.29, 0.717) is 0 Å².